The lowest BCUT2D eigenvalue weighted by molar-refractivity contribution is -0.0210. The second-order valence-electron chi connectivity index (χ2n) is 1.76. The third-order valence-electron chi connectivity index (χ3n) is 1.09. The highest BCUT2D eigenvalue weighted by molar-refractivity contribution is 5.57. The van der Waals surface area contributed by atoms with Gasteiger partial charge in [0.1, 0.15) is 0 Å². The Kier molecular flexibility index (Phi) is 1.19. The van der Waals surface area contributed by atoms with Crippen molar-refractivity contribution in [2.45, 2.75) is 12.5 Å². The molecule has 0 aliphatic carbocycles. The number of aliphatic hydroxyl groups is 2. The summed E-state index contributed by atoms with van der Waals surface area (Å²) in [5.41, 5.74) is 0. The molecular weight excluding hydrogens is 108 g/mol. The topological polar surface area (TPSA) is 56.1 Å². The van der Waals surface area contributed by atoms with Crippen molar-refractivity contribution in [3.63, 3.8) is 0 Å². The number of aliphatic imine (C=N–C) groups is 1. The number of aliphatic hydroxyl groups excluding tert-OH is 2. The molecule has 0 fully saturated rings. The van der Waals surface area contributed by atoms with Crippen LogP contribution in [0.2, 0.25) is 0 Å². The molecule has 2 unspecified atom stereocenters. The zero-order valence-electron chi connectivity index (χ0n) is 4.52. The maximum Gasteiger partial charge on any atom is 0.191 e. The fourth-order valence-corrected chi connectivity index (χ4v) is 0.529. The monoisotopic (exact) mass is 116 g/mol. The molecule has 0 amide bonds. The molecule has 2 atom stereocenters. The summed E-state index contributed by atoms with van der Waals surface area (Å²) in [6.45, 7) is 0. The maximum absolute atomic E-state index is 8.82. The van der Waals surface area contributed by atoms with E-state index in [0.717, 1.165) is 0 Å². The molecule has 8 heavy (non-hydrogen) atoms. The predicted molar refractivity (Wildman–Crippen MR) is 28.3 cm³/mol. The van der Waals surface area contributed by atoms with Crippen LogP contribution in [0.25, 0.3) is 0 Å². The molecule has 0 bridgehead atoms. The van der Waals surface area contributed by atoms with Crippen molar-refractivity contribution >= 4 is 6.34 Å². The van der Waals surface area contributed by atoms with Gasteiger partial charge < -0.3 is 15.1 Å². The van der Waals surface area contributed by atoms with Crippen LogP contribution in [0.15, 0.2) is 4.99 Å². The molecule has 0 saturated carbocycles. The minimum atomic E-state index is -0.958. The van der Waals surface area contributed by atoms with Gasteiger partial charge in [0.15, 0.2) is 12.5 Å². The van der Waals surface area contributed by atoms with E-state index in [1.165, 1.54) is 11.2 Å². The van der Waals surface area contributed by atoms with Crippen molar-refractivity contribution in [2.75, 3.05) is 7.05 Å². The van der Waals surface area contributed by atoms with Gasteiger partial charge in [-0.3, -0.25) is 0 Å². The first-order chi connectivity index (χ1) is 3.72. The number of nitrogens with zero attached hydrogens (tertiary/aromatic N) is 2. The average molecular weight is 116 g/mol. The highest BCUT2D eigenvalue weighted by Crippen LogP contribution is 2.04. The van der Waals surface area contributed by atoms with Gasteiger partial charge in [-0.15, -0.1) is 0 Å². The summed E-state index contributed by atoms with van der Waals surface area (Å²) in [4.78, 5) is 4.94. The smallest absolute Gasteiger partial charge is 0.191 e. The summed E-state index contributed by atoms with van der Waals surface area (Å²) in [5.74, 6) is 0. The molecule has 1 aliphatic rings. The number of hydrogen-bond donors (Lipinski definition) is 2. The van der Waals surface area contributed by atoms with Crippen LogP contribution in [0.3, 0.4) is 0 Å². The van der Waals surface area contributed by atoms with E-state index in [1.807, 2.05) is 0 Å². The van der Waals surface area contributed by atoms with Crippen LogP contribution in [-0.2, 0) is 0 Å². The molecule has 4 heteroatoms. The van der Waals surface area contributed by atoms with E-state index in [-0.39, 0.29) is 0 Å². The highest BCUT2D eigenvalue weighted by atomic mass is 16.4. The van der Waals surface area contributed by atoms with Gasteiger partial charge in [0.05, 0.1) is 6.34 Å². The fourth-order valence-electron chi connectivity index (χ4n) is 0.529. The number of hydrogen-bond acceptors (Lipinski definition) is 4. The first-order valence-electron chi connectivity index (χ1n) is 2.33. The lowest BCUT2D eigenvalue weighted by Crippen LogP contribution is -2.32. The summed E-state index contributed by atoms with van der Waals surface area (Å²) in [6, 6.07) is 0. The van der Waals surface area contributed by atoms with Crippen LogP contribution < -0.4 is 0 Å². The second-order valence-corrected chi connectivity index (χ2v) is 1.76. The van der Waals surface area contributed by atoms with Crippen LogP contribution in [0, 0.1) is 0 Å². The van der Waals surface area contributed by atoms with Gasteiger partial charge in [-0.1, -0.05) is 0 Å². The third-order valence-corrected chi connectivity index (χ3v) is 1.09. The maximum atomic E-state index is 8.82. The Hall–Kier alpha value is -0.610. The first kappa shape index (κ1) is 5.53. The minimum Gasteiger partial charge on any atom is -0.369 e. The third kappa shape index (κ3) is 0.677. The van der Waals surface area contributed by atoms with Crippen molar-refractivity contribution in [3.05, 3.63) is 0 Å². The van der Waals surface area contributed by atoms with Crippen molar-refractivity contribution in [1.29, 1.82) is 0 Å². The summed E-state index contributed by atoms with van der Waals surface area (Å²) in [7, 11) is 1.64. The predicted octanol–water partition coefficient (Wildman–Crippen LogP) is -1.40. The van der Waals surface area contributed by atoms with Crippen LogP contribution in [0.5, 0.6) is 0 Å². The van der Waals surface area contributed by atoms with Gasteiger partial charge in [-0.25, -0.2) is 4.99 Å². The molecule has 0 aromatic carbocycles. The van der Waals surface area contributed by atoms with Gasteiger partial charge in [-0.2, -0.15) is 0 Å². The fraction of sp³-hybridized carbons (Fsp3) is 0.750. The second kappa shape index (κ2) is 1.72. The van der Waals surface area contributed by atoms with Gasteiger partial charge in [0.2, 0.25) is 0 Å². The van der Waals surface area contributed by atoms with Crippen molar-refractivity contribution < 1.29 is 10.2 Å². The Labute approximate surface area is 47.1 Å². The molecule has 1 aliphatic heterocycles. The molecule has 4 nitrogen and oxygen atoms in total. The molecule has 1 heterocycles. The largest absolute Gasteiger partial charge is 0.369 e. The normalized spacial score (nSPS) is 36.6. The minimum absolute atomic E-state index is 0.852. The number of rotatable bonds is 0. The zero-order valence-corrected chi connectivity index (χ0v) is 4.52. The molecule has 2 N–H and O–H groups in total. The quantitative estimate of drug-likeness (QED) is 0.409. The Balaban J connectivity index is 2.55. The molecule has 1 rings (SSSR count). The van der Waals surface area contributed by atoms with E-state index in [9.17, 15) is 0 Å². The van der Waals surface area contributed by atoms with Crippen LogP contribution in [-0.4, -0.2) is 41.0 Å². The Morgan fingerprint density at radius 1 is 1.62 bits per heavy atom. The van der Waals surface area contributed by atoms with E-state index >= 15 is 0 Å². The standard InChI is InChI=1S/C4H8N2O2/c1-6-2-5-3(7)4(6)8/h2-4,7-8H,1H3. The Morgan fingerprint density at radius 3 is 2.38 bits per heavy atom. The molecular formula is C4H8N2O2. The Morgan fingerprint density at radius 2 is 2.25 bits per heavy atom. The van der Waals surface area contributed by atoms with Gasteiger partial charge >= 0.3 is 0 Å². The van der Waals surface area contributed by atoms with Gasteiger partial charge in [0, 0.05) is 7.05 Å². The Bertz CT molecular complexity index is 103. The van der Waals surface area contributed by atoms with E-state index in [0.29, 0.717) is 0 Å². The van der Waals surface area contributed by atoms with Crippen LogP contribution in [0.4, 0.5) is 0 Å². The molecule has 0 aromatic heterocycles. The van der Waals surface area contributed by atoms with Gasteiger partial charge in [-0.05, 0) is 0 Å². The lowest BCUT2D eigenvalue weighted by atomic mass is 10.5. The molecule has 0 spiro atoms. The summed E-state index contributed by atoms with van der Waals surface area (Å²) in [6.07, 6.45) is -0.412. The van der Waals surface area contributed by atoms with E-state index in [2.05, 4.69) is 4.99 Å². The SMILES string of the molecule is CN1C=NC(O)C1O. The van der Waals surface area contributed by atoms with E-state index in [4.69, 9.17) is 10.2 Å². The summed E-state index contributed by atoms with van der Waals surface area (Å²) >= 11 is 0. The number of likely N-dealkylation sites (N-methyl/N-ethyl adjacent to an activating group) is 1. The van der Waals surface area contributed by atoms with Crippen molar-refractivity contribution in [3.8, 4) is 0 Å². The molecule has 0 radical (unpaired) electrons. The lowest BCUT2D eigenvalue weighted by Gasteiger charge is -2.13. The summed E-state index contributed by atoms with van der Waals surface area (Å²) < 4.78 is 0. The highest BCUT2D eigenvalue weighted by Gasteiger charge is 2.22. The van der Waals surface area contributed by atoms with E-state index in [1.54, 1.807) is 7.05 Å². The molecule has 0 saturated heterocycles. The van der Waals surface area contributed by atoms with Crippen molar-refractivity contribution in [2.24, 2.45) is 4.99 Å². The molecule has 0 aromatic rings. The first-order valence-corrected chi connectivity index (χ1v) is 2.33. The van der Waals surface area contributed by atoms with Crippen molar-refractivity contribution in [1.82, 2.24) is 4.90 Å². The zero-order chi connectivity index (χ0) is 6.15. The summed E-state index contributed by atoms with van der Waals surface area (Å²) in [5, 5.41) is 17.5. The van der Waals surface area contributed by atoms with Crippen LogP contribution >= 0.6 is 0 Å². The molecule has 46 valence electrons. The van der Waals surface area contributed by atoms with E-state index < -0.39 is 12.5 Å². The average Bonchev–Trinajstić information content (AvgIpc) is 1.98. The van der Waals surface area contributed by atoms with Gasteiger partial charge in [0.25, 0.3) is 0 Å². The van der Waals surface area contributed by atoms with Crippen LogP contribution in [0.1, 0.15) is 0 Å².